The molecule has 100 valence electrons. The highest BCUT2D eigenvalue weighted by Gasteiger charge is 2.16. The maximum atomic E-state index is 12.0. The molecule has 1 aromatic carbocycles. The van der Waals surface area contributed by atoms with Gasteiger partial charge in [0.05, 0.1) is 23.7 Å². The van der Waals surface area contributed by atoms with Gasteiger partial charge in [-0.05, 0) is 12.5 Å². The van der Waals surface area contributed by atoms with Crippen LogP contribution in [0.3, 0.4) is 0 Å². The molecule has 2 N–H and O–H groups in total. The molecule has 0 aliphatic carbocycles. The quantitative estimate of drug-likeness (QED) is 0.806. The standard InChI is InChI=1S/C13H14N2O4/c1-3-4-10(16)7-5-8-9(6-11(7)19-2)15-12(14-8)13(17)18/h5-6H,3-4H2,1-2H3,(H,14,15)(H,17,18). The maximum Gasteiger partial charge on any atom is 0.371 e. The molecule has 0 aliphatic heterocycles. The number of carboxylic acids is 1. The molecule has 0 radical (unpaired) electrons. The molecular weight excluding hydrogens is 248 g/mol. The minimum atomic E-state index is -1.14. The van der Waals surface area contributed by atoms with E-state index >= 15 is 0 Å². The van der Waals surface area contributed by atoms with Crippen LogP contribution in [0.1, 0.15) is 40.7 Å². The number of ether oxygens (including phenoxy) is 1. The van der Waals surface area contributed by atoms with E-state index in [0.717, 1.165) is 6.42 Å². The van der Waals surface area contributed by atoms with Gasteiger partial charge in [-0.2, -0.15) is 0 Å². The van der Waals surface area contributed by atoms with E-state index < -0.39 is 5.97 Å². The van der Waals surface area contributed by atoms with Crippen LogP contribution in [0, 0.1) is 0 Å². The molecule has 0 unspecified atom stereocenters. The van der Waals surface area contributed by atoms with Crippen LogP contribution in [0.5, 0.6) is 5.75 Å². The Kier molecular flexibility index (Phi) is 3.50. The van der Waals surface area contributed by atoms with Crippen molar-refractivity contribution < 1.29 is 19.4 Å². The topological polar surface area (TPSA) is 92.3 Å². The van der Waals surface area contributed by atoms with Gasteiger partial charge < -0.3 is 14.8 Å². The maximum absolute atomic E-state index is 12.0. The first-order valence-corrected chi connectivity index (χ1v) is 5.91. The average Bonchev–Trinajstić information content (AvgIpc) is 2.80. The number of aromatic nitrogens is 2. The molecule has 2 aromatic rings. The Morgan fingerprint density at radius 2 is 2.16 bits per heavy atom. The summed E-state index contributed by atoms with van der Waals surface area (Å²) in [4.78, 5) is 29.4. The Morgan fingerprint density at radius 1 is 1.42 bits per heavy atom. The number of methoxy groups -OCH3 is 1. The third-order valence-corrected chi connectivity index (χ3v) is 2.78. The number of aromatic amines is 1. The predicted octanol–water partition coefficient (Wildman–Crippen LogP) is 2.25. The Bertz CT molecular complexity index is 645. The summed E-state index contributed by atoms with van der Waals surface area (Å²) >= 11 is 0. The average molecular weight is 262 g/mol. The first kappa shape index (κ1) is 13.1. The minimum Gasteiger partial charge on any atom is -0.496 e. The summed E-state index contributed by atoms with van der Waals surface area (Å²) in [5, 5.41) is 8.88. The van der Waals surface area contributed by atoms with Gasteiger partial charge in [0, 0.05) is 12.5 Å². The third-order valence-electron chi connectivity index (χ3n) is 2.78. The number of Topliss-reactive ketones (excluding diaryl/α,β-unsaturated/α-hetero) is 1. The second-order valence-corrected chi connectivity index (χ2v) is 4.13. The van der Waals surface area contributed by atoms with Crippen molar-refractivity contribution in [1.82, 2.24) is 9.97 Å². The Hall–Kier alpha value is -2.37. The summed E-state index contributed by atoms with van der Waals surface area (Å²) in [5.41, 5.74) is 1.41. The van der Waals surface area contributed by atoms with Crippen LogP contribution in [-0.2, 0) is 0 Å². The second kappa shape index (κ2) is 5.09. The summed E-state index contributed by atoms with van der Waals surface area (Å²) < 4.78 is 5.17. The van der Waals surface area contributed by atoms with Crippen LogP contribution in [-0.4, -0.2) is 33.9 Å². The Balaban J connectivity index is 2.57. The highest BCUT2D eigenvalue weighted by atomic mass is 16.5. The zero-order valence-corrected chi connectivity index (χ0v) is 10.7. The van der Waals surface area contributed by atoms with E-state index in [4.69, 9.17) is 9.84 Å². The lowest BCUT2D eigenvalue weighted by atomic mass is 10.1. The van der Waals surface area contributed by atoms with E-state index in [0.29, 0.717) is 28.8 Å². The molecule has 6 nitrogen and oxygen atoms in total. The van der Waals surface area contributed by atoms with Gasteiger partial charge in [-0.15, -0.1) is 0 Å². The number of benzene rings is 1. The number of fused-ring (bicyclic) bond motifs is 1. The van der Waals surface area contributed by atoms with Crippen molar-refractivity contribution in [3.05, 3.63) is 23.5 Å². The van der Waals surface area contributed by atoms with Crippen LogP contribution < -0.4 is 4.74 Å². The zero-order chi connectivity index (χ0) is 14.0. The van der Waals surface area contributed by atoms with E-state index in [-0.39, 0.29) is 11.6 Å². The zero-order valence-electron chi connectivity index (χ0n) is 10.7. The molecule has 19 heavy (non-hydrogen) atoms. The summed E-state index contributed by atoms with van der Waals surface area (Å²) in [7, 11) is 1.47. The molecule has 0 amide bonds. The molecule has 1 aromatic heterocycles. The highest BCUT2D eigenvalue weighted by molar-refractivity contribution is 6.02. The van der Waals surface area contributed by atoms with Crippen molar-refractivity contribution in [2.45, 2.75) is 19.8 Å². The number of carboxylic acid groups (broad SMARTS) is 1. The molecule has 0 spiro atoms. The number of H-pyrrole nitrogens is 1. The van der Waals surface area contributed by atoms with Crippen molar-refractivity contribution in [3.8, 4) is 5.75 Å². The van der Waals surface area contributed by atoms with E-state index in [1.54, 1.807) is 12.1 Å². The van der Waals surface area contributed by atoms with Gasteiger partial charge in [-0.1, -0.05) is 6.92 Å². The van der Waals surface area contributed by atoms with E-state index in [2.05, 4.69) is 9.97 Å². The Labute approximate surface area is 109 Å². The SMILES string of the molecule is CCCC(=O)c1cc2[nH]c(C(=O)O)nc2cc1OC. The lowest BCUT2D eigenvalue weighted by molar-refractivity contribution is 0.0685. The molecule has 0 saturated carbocycles. The molecule has 6 heteroatoms. The molecule has 0 bridgehead atoms. The highest BCUT2D eigenvalue weighted by Crippen LogP contribution is 2.26. The van der Waals surface area contributed by atoms with Crippen LogP contribution in [0.4, 0.5) is 0 Å². The summed E-state index contributed by atoms with van der Waals surface area (Å²) in [6.07, 6.45) is 1.16. The molecule has 0 fully saturated rings. The van der Waals surface area contributed by atoms with Crippen LogP contribution in [0.2, 0.25) is 0 Å². The third kappa shape index (κ3) is 2.42. The van der Waals surface area contributed by atoms with Crippen molar-refractivity contribution in [2.75, 3.05) is 7.11 Å². The van der Waals surface area contributed by atoms with Gasteiger partial charge in [-0.3, -0.25) is 4.79 Å². The lowest BCUT2D eigenvalue weighted by Crippen LogP contribution is -2.01. The number of hydrogen-bond acceptors (Lipinski definition) is 4. The van der Waals surface area contributed by atoms with Crippen molar-refractivity contribution in [2.24, 2.45) is 0 Å². The van der Waals surface area contributed by atoms with Crippen LogP contribution >= 0.6 is 0 Å². The number of hydrogen-bond donors (Lipinski definition) is 2. The van der Waals surface area contributed by atoms with Crippen molar-refractivity contribution in [1.29, 1.82) is 0 Å². The largest absolute Gasteiger partial charge is 0.496 e. The molecule has 0 atom stereocenters. The number of aromatic carboxylic acids is 1. The van der Waals surface area contributed by atoms with Crippen molar-refractivity contribution >= 4 is 22.8 Å². The van der Waals surface area contributed by atoms with Gasteiger partial charge in [0.25, 0.3) is 0 Å². The number of nitrogens with one attached hydrogen (secondary N) is 1. The molecule has 1 heterocycles. The van der Waals surface area contributed by atoms with Gasteiger partial charge in [-0.25, -0.2) is 9.78 Å². The smallest absolute Gasteiger partial charge is 0.371 e. The number of carbonyl (C=O) groups is 2. The van der Waals surface area contributed by atoms with Gasteiger partial charge in [0.15, 0.2) is 5.78 Å². The molecular formula is C13H14N2O4. The van der Waals surface area contributed by atoms with Gasteiger partial charge in [0.1, 0.15) is 5.75 Å². The normalized spacial score (nSPS) is 10.6. The van der Waals surface area contributed by atoms with E-state index in [1.807, 2.05) is 6.92 Å². The predicted molar refractivity (Wildman–Crippen MR) is 68.8 cm³/mol. The number of rotatable bonds is 5. The number of carbonyl (C=O) groups excluding carboxylic acids is 1. The van der Waals surface area contributed by atoms with E-state index in [9.17, 15) is 9.59 Å². The fourth-order valence-electron chi connectivity index (χ4n) is 1.89. The number of imidazole rings is 1. The van der Waals surface area contributed by atoms with Crippen molar-refractivity contribution in [3.63, 3.8) is 0 Å². The summed E-state index contributed by atoms with van der Waals surface area (Å²) in [5.74, 6) is -0.921. The second-order valence-electron chi connectivity index (χ2n) is 4.13. The molecule has 0 aliphatic rings. The first-order valence-electron chi connectivity index (χ1n) is 5.91. The fraction of sp³-hybridized carbons (Fsp3) is 0.308. The summed E-state index contributed by atoms with van der Waals surface area (Å²) in [6, 6.07) is 3.16. The van der Waals surface area contributed by atoms with Crippen LogP contribution in [0.15, 0.2) is 12.1 Å². The van der Waals surface area contributed by atoms with E-state index in [1.165, 1.54) is 7.11 Å². The first-order chi connectivity index (χ1) is 9.06. The molecule has 0 saturated heterocycles. The lowest BCUT2D eigenvalue weighted by Gasteiger charge is -2.06. The summed E-state index contributed by atoms with van der Waals surface area (Å²) in [6.45, 7) is 1.92. The molecule has 2 rings (SSSR count). The van der Waals surface area contributed by atoms with Crippen LogP contribution in [0.25, 0.3) is 11.0 Å². The fourth-order valence-corrected chi connectivity index (χ4v) is 1.89. The van der Waals surface area contributed by atoms with Gasteiger partial charge >= 0.3 is 5.97 Å². The Morgan fingerprint density at radius 3 is 2.74 bits per heavy atom. The monoisotopic (exact) mass is 262 g/mol. The minimum absolute atomic E-state index is 0.0345. The number of ketones is 1. The number of nitrogens with zero attached hydrogens (tertiary/aromatic N) is 1. The van der Waals surface area contributed by atoms with Gasteiger partial charge in [0.2, 0.25) is 5.82 Å².